The molecule has 0 unspecified atom stereocenters. The monoisotopic (exact) mass is 643 g/mol. The first kappa shape index (κ1) is 29.0. The average molecular weight is 644 g/mol. The first-order valence-electron chi connectivity index (χ1n) is 13.1. The molecule has 6 rings (SSSR count). The number of thioether (sulfide) groups is 1. The van der Waals surface area contributed by atoms with E-state index in [2.05, 4.69) is 12.1 Å². The molecule has 2 heterocycles. The Bertz CT molecular complexity index is 2110. The zero-order chi connectivity index (χ0) is 29.6. The Morgan fingerprint density at radius 3 is 2.38 bits per heavy atom. The second-order valence-electron chi connectivity index (χ2n) is 9.97. The van der Waals surface area contributed by atoms with Crippen LogP contribution in [0.25, 0.3) is 37.8 Å². The van der Waals surface area contributed by atoms with Gasteiger partial charge < -0.3 is 14.0 Å². The largest absolute Gasteiger partial charge is 0.748 e. The lowest BCUT2D eigenvalue weighted by atomic mass is 10.0. The topological polar surface area (TPSA) is 122 Å². The molecule has 0 bridgehead atoms. The first-order valence-corrected chi connectivity index (χ1v) is 17.9. The zero-order valence-electron chi connectivity index (χ0n) is 22.0. The molecule has 4 aromatic carbocycles. The predicted molar refractivity (Wildman–Crippen MR) is 163 cm³/mol. The number of nitrogens with zero attached hydrogens (tertiary/aromatic N) is 2. The van der Waals surface area contributed by atoms with Crippen LogP contribution >= 0.6 is 23.1 Å². The van der Waals surface area contributed by atoms with Gasteiger partial charge in [0.05, 0.1) is 42.4 Å². The molecule has 5 aromatic rings. The molecule has 0 spiro atoms. The van der Waals surface area contributed by atoms with Gasteiger partial charge in [0.1, 0.15) is 10.5 Å². The summed E-state index contributed by atoms with van der Waals surface area (Å²) in [5.74, 6) is -1.49. The molecule has 0 atom stereocenters. The quantitative estimate of drug-likeness (QED) is 0.119. The van der Waals surface area contributed by atoms with Crippen LogP contribution in [0.2, 0.25) is 0 Å². The summed E-state index contributed by atoms with van der Waals surface area (Å²) < 4.78 is 85.3. The van der Waals surface area contributed by atoms with E-state index >= 15 is 0 Å². The van der Waals surface area contributed by atoms with Crippen LogP contribution < -0.4 is 9.47 Å². The Labute approximate surface area is 250 Å². The number of thiazole rings is 1. The van der Waals surface area contributed by atoms with E-state index in [4.69, 9.17) is 0 Å². The van der Waals surface area contributed by atoms with Gasteiger partial charge in [-0.15, -0.1) is 0 Å². The Hall–Kier alpha value is -3.07. The van der Waals surface area contributed by atoms with Crippen LogP contribution in [0, 0.1) is 5.82 Å². The van der Waals surface area contributed by atoms with Crippen LogP contribution in [-0.4, -0.2) is 44.0 Å². The summed E-state index contributed by atoms with van der Waals surface area (Å²) in [5, 5.41) is 5.70. The summed E-state index contributed by atoms with van der Waals surface area (Å²) in [6.45, 7) is 0.457. The van der Waals surface area contributed by atoms with Crippen molar-refractivity contribution >= 4 is 86.9 Å². The highest BCUT2D eigenvalue weighted by Gasteiger charge is 2.29. The highest BCUT2D eigenvalue weighted by atomic mass is 32.2. The number of hydrogen-bond donors (Lipinski definition) is 0. The Kier molecular flexibility index (Phi) is 7.75. The highest BCUT2D eigenvalue weighted by Crippen LogP contribution is 2.47. The van der Waals surface area contributed by atoms with Crippen molar-refractivity contribution in [2.45, 2.75) is 24.3 Å². The minimum absolute atomic E-state index is 0.0607. The van der Waals surface area contributed by atoms with E-state index in [1.165, 1.54) is 35.2 Å². The SMILES string of the molecule is O=S(=O)([O-])CCCN1/C(=C/c2sc3ccc4c5ccccc5ccc4c3[n+]2CCCS(=O)(=O)[O-])Sc2ccc(F)cc21. The number of aryl methyl sites for hydroxylation is 1. The van der Waals surface area contributed by atoms with Gasteiger partial charge in [-0.05, 0) is 52.9 Å². The van der Waals surface area contributed by atoms with E-state index in [0.29, 0.717) is 10.7 Å². The van der Waals surface area contributed by atoms with Gasteiger partial charge >= 0.3 is 0 Å². The minimum atomic E-state index is -4.41. The molecule has 0 saturated heterocycles. The van der Waals surface area contributed by atoms with E-state index in [-0.39, 0.29) is 25.9 Å². The molecule has 1 aliphatic rings. The van der Waals surface area contributed by atoms with Gasteiger partial charge in [-0.2, -0.15) is 4.57 Å². The Morgan fingerprint density at radius 1 is 0.857 bits per heavy atom. The smallest absolute Gasteiger partial charge is 0.265 e. The zero-order valence-corrected chi connectivity index (χ0v) is 25.3. The molecule has 0 fully saturated rings. The molecule has 13 heteroatoms. The van der Waals surface area contributed by atoms with Crippen molar-refractivity contribution in [3.63, 3.8) is 0 Å². The fourth-order valence-corrected chi connectivity index (χ4v) is 8.62. The minimum Gasteiger partial charge on any atom is -0.748 e. The van der Waals surface area contributed by atoms with E-state index in [1.807, 2.05) is 47.0 Å². The molecule has 0 amide bonds. The maximum absolute atomic E-state index is 14.2. The summed E-state index contributed by atoms with van der Waals surface area (Å²) in [6, 6.07) is 20.6. The molecule has 8 nitrogen and oxygen atoms in total. The second-order valence-corrected chi connectivity index (χ2v) is 15.1. The van der Waals surface area contributed by atoms with E-state index in [0.717, 1.165) is 41.7 Å². The fourth-order valence-electron chi connectivity index (χ4n) is 5.34. The maximum Gasteiger partial charge on any atom is 0.265 e. The molecular weight excluding hydrogens is 620 g/mol. The van der Waals surface area contributed by atoms with Gasteiger partial charge in [-0.3, -0.25) is 0 Å². The third kappa shape index (κ3) is 6.03. The van der Waals surface area contributed by atoms with E-state index in [1.54, 1.807) is 11.0 Å². The van der Waals surface area contributed by atoms with Gasteiger partial charge in [0, 0.05) is 29.4 Å². The Morgan fingerprint density at radius 2 is 1.60 bits per heavy atom. The van der Waals surface area contributed by atoms with Crippen molar-refractivity contribution < 1.29 is 34.9 Å². The van der Waals surface area contributed by atoms with Crippen LogP contribution in [0.5, 0.6) is 0 Å². The lowest BCUT2D eigenvalue weighted by molar-refractivity contribution is -0.667. The van der Waals surface area contributed by atoms with E-state index in [9.17, 15) is 30.3 Å². The van der Waals surface area contributed by atoms with Crippen molar-refractivity contribution in [2.75, 3.05) is 23.0 Å². The molecule has 1 aromatic heterocycles. The molecule has 218 valence electrons. The number of aromatic nitrogens is 1. The third-order valence-corrected chi connectivity index (χ3v) is 10.9. The highest BCUT2D eigenvalue weighted by molar-refractivity contribution is 8.04. The fraction of sp³-hybridized carbons (Fsp3) is 0.207. The van der Waals surface area contributed by atoms with Crippen LogP contribution in [0.3, 0.4) is 0 Å². The van der Waals surface area contributed by atoms with Crippen LogP contribution in [0.15, 0.2) is 76.7 Å². The number of rotatable bonds is 9. The maximum atomic E-state index is 14.2. The van der Waals surface area contributed by atoms with Crippen LogP contribution in [0.1, 0.15) is 17.8 Å². The number of benzene rings is 4. The van der Waals surface area contributed by atoms with Gasteiger partial charge in [0.2, 0.25) is 5.52 Å². The molecule has 1 aliphatic heterocycles. The Balaban J connectivity index is 1.49. The van der Waals surface area contributed by atoms with Gasteiger partial charge in [0.25, 0.3) is 5.01 Å². The predicted octanol–water partition coefficient (Wildman–Crippen LogP) is 5.42. The third-order valence-electron chi connectivity index (χ3n) is 7.10. The number of fused-ring (bicyclic) bond motifs is 6. The van der Waals surface area contributed by atoms with Gasteiger partial charge in [0.15, 0.2) is 6.54 Å². The lowest BCUT2D eigenvalue weighted by Gasteiger charge is -2.20. The van der Waals surface area contributed by atoms with Gasteiger partial charge in [-0.25, -0.2) is 21.2 Å². The molecule has 0 radical (unpaired) electrons. The second kappa shape index (κ2) is 11.2. The van der Waals surface area contributed by atoms with Gasteiger partial charge in [-0.1, -0.05) is 59.5 Å². The molecule has 0 saturated carbocycles. The molecule has 0 aliphatic carbocycles. The standard InChI is InChI=1S/C29H25FN2O6S4/c30-20-8-11-25-24(17-20)31(13-3-15-41(33,34)35)27(39-25)18-28-32(14-4-16-42(36,37)38)29-23-9-7-19-5-1-2-6-21(19)22(23)10-12-26(29)40-28/h1-2,5-12,17-18H,3-4,13-16H2,(H-,33,34,35,36,37,38)/p-1. The number of hydrogen-bond acceptors (Lipinski definition) is 9. The van der Waals surface area contributed by atoms with Crippen LogP contribution in [-0.2, 0) is 26.8 Å². The van der Waals surface area contributed by atoms with Crippen molar-refractivity contribution in [2.24, 2.45) is 0 Å². The first-order chi connectivity index (χ1) is 20.0. The van der Waals surface area contributed by atoms with Crippen molar-refractivity contribution in [1.82, 2.24) is 0 Å². The summed E-state index contributed by atoms with van der Waals surface area (Å²) >= 11 is 2.90. The summed E-state index contributed by atoms with van der Waals surface area (Å²) in [6.07, 6.45) is 2.09. The summed E-state index contributed by atoms with van der Waals surface area (Å²) in [7, 11) is -8.82. The van der Waals surface area contributed by atoms with E-state index < -0.39 is 37.6 Å². The van der Waals surface area contributed by atoms with Crippen molar-refractivity contribution in [3.05, 3.63) is 82.6 Å². The lowest BCUT2D eigenvalue weighted by Crippen LogP contribution is -2.36. The van der Waals surface area contributed by atoms with Crippen LogP contribution in [0.4, 0.5) is 10.1 Å². The normalized spacial score (nSPS) is 14.9. The molecule has 0 N–H and O–H groups in total. The van der Waals surface area contributed by atoms with Crippen molar-refractivity contribution in [1.29, 1.82) is 0 Å². The average Bonchev–Trinajstić information content (AvgIpc) is 3.44. The summed E-state index contributed by atoms with van der Waals surface area (Å²) in [4.78, 5) is 2.59. The number of halogens is 1. The van der Waals surface area contributed by atoms with Crippen molar-refractivity contribution in [3.8, 4) is 0 Å². The molecular formula is C29H24FN2O6S4-. The summed E-state index contributed by atoms with van der Waals surface area (Å²) in [5.41, 5.74) is 1.49. The number of anilines is 1. The molecule has 42 heavy (non-hydrogen) atoms.